The van der Waals surface area contributed by atoms with E-state index in [1.807, 2.05) is 0 Å². The van der Waals surface area contributed by atoms with Gasteiger partial charge in [-0.25, -0.2) is 0 Å². The van der Waals surface area contributed by atoms with Crippen molar-refractivity contribution in [2.75, 3.05) is 14.2 Å². The Morgan fingerprint density at radius 3 is 2.69 bits per heavy atom. The molecule has 0 radical (unpaired) electrons. The zero-order chi connectivity index (χ0) is 20.3. The fourth-order valence-corrected chi connectivity index (χ4v) is 5.46. The quantitative estimate of drug-likeness (QED) is 0.551. The van der Waals surface area contributed by atoms with Gasteiger partial charge in [0.25, 0.3) is 0 Å². The summed E-state index contributed by atoms with van der Waals surface area (Å²) in [6.07, 6.45) is 6.08. The number of allylic oxidation sites excluding steroid dienone is 1. The van der Waals surface area contributed by atoms with Crippen molar-refractivity contribution in [3.63, 3.8) is 0 Å². The molecule has 3 aromatic rings. The molecule has 1 saturated heterocycles. The number of fused-ring (bicyclic) bond motifs is 6. The molecule has 3 heterocycles. The molecule has 2 aliphatic heterocycles. The lowest BCUT2D eigenvalue weighted by molar-refractivity contribution is 0.223. The lowest BCUT2D eigenvalue weighted by Crippen LogP contribution is -2.34. The second kappa shape index (κ2) is 6.77. The van der Waals surface area contributed by atoms with Crippen LogP contribution in [-0.4, -0.2) is 29.7 Å². The summed E-state index contributed by atoms with van der Waals surface area (Å²) >= 11 is 0. The van der Waals surface area contributed by atoms with E-state index in [2.05, 4.69) is 79.9 Å². The van der Waals surface area contributed by atoms with Gasteiger partial charge in [-0.1, -0.05) is 17.7 Å². The molecule has 0 N–H and O–H groups in total. The van der Waals surface area contributed by atoms with E-state index in [1.54, 1.807) is 12.7 Å². The van der Waals surface area contributed by atoms with Gasteiger partial charge >= 0.3 is 0 Å². The number of hydrogen-bond acceptors (Lipinski definition) is 2. The lowest BCUT2D eigenvalue weighted by Gasteiger charge is -2.32. The van der Waals surface area contributed by atoms with Crippen molar-refractivity contribution in [3.05, 3.63) is 64.3 Å². The lowest BCUT2D eigenvalue weighted by atomic mass is 9.97. The second-order valence-electron chi connectivity index (χ2n) is 8.86. The highest BCUT2D eigenvalue weighted by Gasteiger charge is 2.40. The normalized spacial score (nSPS) is 21.6. The van der Waals surface area contributed by atoms with Crippen LogP contribution in [0, 0.1) is 13.8 Å². The standard InChI is InChI=1S/C26H30N2O/c1-16-6-9-22-21(12-16)26-23-10-8-20(27(23)4)14-24(26)28(22)15-18(3)19-7-11-25(29-5)17(2)13-19/h6-7,9,11-13,15,20,23H,8,10,14H2,1-5H3/b18-15+. The van der Waals surface area contributed by atoms with Crippen molar-refractivity contribution in [2.24, 2.45) is 0 Å². The van der Waals surface area contributed by atoms with Crippen LogP contribution in [0.2, 0.25) is 0 Å². The summed E-state index contributed by atoms with van der Waals surface area (Å²) in [5.41, 5.74) is 9.46. The van der Waals surface area contributed by atoms with Crippen molar-refractivity contribution in [1.29, 1.82) is 0 Å². The highest BCUT2D eigenvalue weighted by molar-refractivity contribution is 5.91. The molecule has 2 unspecified atom stereocenters. The van der Waals surface area contributed by atoms with Crippen LogP contribution < -0.4 is 4.74 Å². The van der Waals surface area contributed by atoms with E-state index in [0.29, 0.717) is 12.1 Å². The van der Waals surface area contributed by atoms with Gasteiger partial charge in [0.15, 0.2) is 0 Å². The number of hydrogen-bond donors (Lipinski definition) is 0. The van der Waals surface area contributed by atoms with E-state index in [0.717, 1.165) is 12.2 Å². The first-order valence-corrected chi connectivity index (χ1v) is 10.7. The average Bonchev–Trinajstić information content (AvgIpc) is 3.11. The van der Waals surface area contributed by atoms with Gasteiger partial charge in [-0.3, -0.25) is 4.90 Å². The Hall–Kier alpha value is -2.52. The highest BCUT2D eigenvalue weighted by atomic mass is 16.5. The van der Waals surface area contributed by atoms with Crippen molar-refractivity contribution < 1.29 is 4.74 Å². The van der Waals surface area contributed by atoms with Crippen LogP contribution >= 0.6 is 0 Å². The summed E-state index contributed by atoms with van der Waals surface area (Å²) in [5.74, 6) is 0.945. The first-order valence-electron chi connectivity index (χ1n) is 10.7. The van der Waals surface area contributed by atoms with Gasteiger partial charge < -0.3 is 9.30 Å². The maximum atomic E-state index is 5.44. The number of rotatable bonds is 3. The zero-order valence-corrected chi connectivity index (χ0v) is 18.1. The van der Waals surface area contributed by atoms with E-state index in [9.17, 15) is 0 Å². The molecule has 2 bridgehead atoms. The summed E-state index contributed by atoms with van der Waals surface area (Å²) < 4.78 is 7.92. The molecule has 0 spiro atoms. The molecule has 5 rings (SSSR count). The van der Waals surface area contributed by atoms with Crippen LogP contribution in [0.4, 0.5) is 0 Å². The highest BCUT2D eigenvalue weighted by Crippen LogP contribution is 2.47. The number of ether oxygens (including phenoxy) is 1. The fourth-order valence-electron chi connectivity index (χ4n) is 5.46. The van der Waals surface area contributed by atoms with Gasteiger partial charge in [-0.05, 0) is 87.2 Å². The summed E-state index contributed by atoms with van der Waals surface area (Å²) in [6, 6.07) is 14.6. The smallest absolute Gasteiger partial charge is 0.121 e. The Labute approximate surface area is 173 Å². The molecular weight excluding hydrogens is 356 g/mol. The van der Waals surface area contributed by atoms with Crippen LogP contribution in [0.1, 0.15) is 53.8 Å². The third-order valence-electron chi connectivity index (χ3n) is 7.08. The van der Waals surface area contributed by atoms with E-state index < -0.39 is 0 Å². The number of likely N-dealkylation sites (N-methyl/N-ethyl adjacent to an activating group) is 1. The molecule has 1 aromatic heterocycles. The van der Waals surface area contributed by atoms with Crippen LogP contribution in [-0.2, 0) is 6.42 Å². The molecule has 1 fully saturated rings. The number of nitrogens with zero attached hydrogens (tertiary/aromatic N) is 2. The SMILES string of the molecule is COc1ccc(/C(C)=C/n2c3c(c4cc(C)ccc42)C2CCC(C3)N2C)cc1C. The largest absolute Gasteiger partial charge is 0.496 e. The van der Waals surface area contributed by atoms with Gasteiger partial charge in [0.05, 0.1) is 12.6 Å². The molecule has 0 saturated carbocycles. The Kier molecular flexibility index (Phi) is 4.32. The average molecular weight is 387 g/mol. The Balaban J connectivity index is 1.69. The van der Waals surface area contributed by atoms with Crippen LogP contribution in [0.15, 0.2) is 36.4 Å². The maximum absolute atomic E-state index is 5.44. The third-order valence-corrected chi connectivity index (χ3v) is 7.08. The minimum atomic E-state index is 0.561. The third kappa shape index (κ3) is 2.83. The molecule has 2 aromatic carbocycles. The molecular formula is C26H30N2O. The molecule has 3 nitrogen and oxygen atoms in total. The predicted octanol–water partition coefficient (Wildman–Crippen LogP) is 5.98. The maximum Gasteiger partial charge on any atom is 0.121 e. The minimum Gasteiger partial charge on any atom is -0.496 e. The predicted molar refractivity (Wildman–Crippen MR) is 121 cm³/mol. The zero-order valence-electron chi connectivity index (χ0n) is 18.1. The molecule has 3 heteroatoms. The molecule has 0 amide bonds. The van der Waals surface area contributed by atoms with E-state index >= 15 is 0 Å². The molecule has 2 aliphatic rings. The first kappa shape index (κ1) is 18.5. The summed E-state index contributed by atoms with van der Waals surface area (Å²) in [6.45, 7) is 6.53. The number of aryl methyl sites for hydroxylation is 2. The van der Waals surface area contributed by atoms with Crippen LogP contribution in [0.3, 0.4) is 0 Å². The number of benzene rings is 2. The summed E-state index contributed by atoms with van der Waals surface area (Å²) in [7, 11) is 4.04. The summed E-state index contributed by atoms with van der Waals surface area (Å²) in [4.78, 5) is 2.61. The molecule has 150 valence electrons. The summed E-state index contributed by atoms with van der Waals surface area (Å²) in [5, 5.41) is 1.44. The van der Waals surface area contributed by atoms with Crippen molar-refractivity contribution in [1.82, 2.24) is 9.47 Å². The van der Waals surface area contributed by atoms with Gasteiger partial charge in [0.1, 0.15) is 5.75 Å². The van der Waals surface area contributed by atoms with E-state index in [-0.39, 0.29) is 0 Å². The number of aromatic nitrogens is 1. The molecule has 29 heavy (non-hydrogen) atoms. The first-order chi connectivity index (χ1) is 14.0. The Bertz CT molecular complexity index is 1140. The van der Waals surface area contributed by atoms with Crippen molar-refractivity contribution in [2.45, 2.75) is 52.1 Å². The fraction of sp³-hybridized carbons (Fsp3) is 0.385. The van der Waals surface area contributed by atoms with Gasteiger partial charge in [-0.2, -0.15) is 0 Å². The Morgan fingerprint density at radius 1 is 1.10 bits per heavy atom. The minimum absolute atomic E-state index is 0.561. The van der Waals surface area contributed by atoms with Crippen molar-refractivity contribution in [3.8, 4) is 5.75 Å². The molecule has 0 aliphatic carbocycles. The monoisotopic (exact) mass is 386 g/mol. The van der Waals surface area contributed by atoms with Crippen LogP contribution in [0.5, 0.6) is 5.75 Å². The van der Waals surface area contributed by atoms with Crippen molar-refractivity contribution >= 4 is 22.7 Å². The van der Waals surface area contributed by atoms with Crippen LogP contribution in [0.25, 0.3) is 22.7 Å². The molecule has 2 atom stereocenters. The Morgan fingerprint density at radius 2 is 1.93 bits per heavy atom. The van der Waals surface area contributed by atoms with Gasteiger partial charge in [0.2, 0.25) is 0 Å². The van der Waals surface area contributed by atoms with E-state index in [4.69, 9.17) is 4.74 Å². The van der Waals surface area contributed by atoms with E-state index in [1.165, 1.54) is 51.7 Å². The topological polar surface area (TPSA) is 17.4 Å². The number of methoxy groups -OCH3 is 1. The second-order valence-corrected chi connectivity index (χ2v) is 8.86. The van der Waals surface area contributed by atoms with Gasteiger partial charge in [-0.15, -0.1) is 0 Å². The van der Waals surface area contributed by atoms with Gasteiger partial charge in [0, 0.05) is 35.8 Å².